The molecule has 6 N–H and O–H groups in total. The second-order valence-electron chi connectivity index (χ2n) is 4.06. The molecule has 0 saturated carbocycles. The van der Waals surface area contributed by atoms with Crippen molar-refractivity contribution < 1.29 is 4.79 Å². The third kappa shape index (κ3) is 6.76. The van der Waals surface area contributed by atoms with Gasteiger partial charge < -0.3 is 17.2 Å². The van der Waals surface area contributed by atoms with Crippen molar-refractivity contribution in [2.24, 2.45) is 34.0 Å². The van der Waals surface area contributed by atoms with Crippen molar-refractivity contribution >= 4 is 11.9 Å². The highest BCUT2D eigenvalue weighted by atomic mass is 16.1. The van der Waals surface area contributed by atoms with Crippen LogP contribution in [0.2, 0.25) is 0 Å². The Bertz CT molecular complexity index is 221. The zero-order valence-electron chi connectivity index (χ0n) is 9.57. The number of nitrogens with two attached hydrogens (primary N) is 3. The number of aliphatic imine (C=N–C) groups is 1. The monoisotopic (exact) mass is 214 g/mol. The molecule has 1 atom stereocenters. The van der Waals surface area contributed by atoms with Gasteiger partial charge in [-0.25, -0.2) is 0 Å². The van der Waals surface area contributed by atoms with Crippen molar-refractivity contribution in [3.63, 3.8) is 0 Å². The summed E-state index contributed by atoms with van der Waals surface area (Å²) in [6, 6.07) is 0. The standard InChI is InChI=1S/C10H22N4O/c1-7(2)8(9(11)15)5-3-4-6-14-10(12)13/h7-8H,3-6H2,1-2H3,(H2,11,15)(H4,12,13,14)/t8-/m1/s1. The Morgan fingerprint density at radius 2 is 1.80 bits per heavy atom. The Kier molecular flexibility index (Phi) is 6.49. The van der Waals surface area contributed by atoms with E-state index in [4.69, 9.17) is 17.2 Å². The van der Waals surface area contributed by atoms with Gasteiger partial charge in [-0.05, 0) is 18.8 Å². The van der Waals surface area contributed by atoms with Gasteiger partial charge in [0.25, 0.3) is 0 Å². The van der Waals surface area contributed by atoms with Crippen molar-refractivity contribution in [3.8, 4) is 0 Å². The van der Waals surface area contributed by atoms with Crippen molar-refractivity contribution in [2.75, 3.05) is 6.54 Å². The molecule has 0 aromatic carbocycles. The van der Waals surface area contributed by atoms with Gasteiger partial charge in [-0.15, -0.1) is 0 Å². The summed E-state index contributed by atoms with van der Waals surface area (Å²) < 4.78 is 0. The van der Waals surface area contributed by atoms with E-state index in [1.54, 1.807) is 0 Å². The van der Waals surface area contributed by atoms with Crippen LogP contribution in [0.25, 0.3) is 0 Å². The highest BCUT2D eigenvalue weighted by Gasteiger charge is 2.18. The Hall–Kier alpha value is -1.26. The maximum absolute atomic E-state index is 11.1. The summed E-state index contributed by atoms with van der Waals surface area (Å²) >= 11 is 0. The molecule has 0 saturated heterocycles. The normalized spacial score (nSPS) is 12.5. The molecule has 0 fully saturated rings. The molecule has 0 aliphatic heterocycles. The molecule has 0 aromatic heterocycles. The molecule has 0 bridgehead atoms. The fourth-order valence-electron chi connectivity index (χ4n) is 1.49. The quantitative estimate of drug-likeness (QED) is 0.320. The van der Waals surface area contributed by atoms with Crippen LogP contribution in [0.3, 0.4) is 0 Å². The molecule has 0 radical (unpaired) electrons. The second kappa shape index (κ2) is 7.09. The number of primary amides is 1. The lowest BCUT2D eigenvalue weighted by Gasteiger charge is -2.16. The van der Waals surface area contributed by atoms with Crippen molar-refractivity contribution in [3.05, 3.63) is 0 Å². The minimum absolute atomic E-state index is 0.0378. The van der Waals surface area contributed by atoms with Crippen LogP contribution in [-0.2, 0) is 4.79 Å². The van der Waals surface area contributed by atoms with Crippen LogP contribution in [0.4, 0.5) is 0 Å². The molecule has 15 heavy (non-hydrogen) atoms. The van der Waals surface area contributed by atoms with E-state index in [-0.39, 0.29) is 17.8 Å². The molecule has 0 rings (SSSR count). The first-order valence-corrected chi connectivity index (χ1v) is 5.29. The zero-order chi connectivity index (χ0) is 11.8. The fourth-order valence-corrected chi connectivity index (χ4v) is 1.49. The summed E-state index contributed by atoms with van der Waals surface area (Å²) in [6.45, 7) is 4.63. The number of unbranched alkanes of at least 4 members (excludes halogenated alkanes) is 1. The van der Waals surface area contributed by atoms with Gasteiger partial charge in [-0.2, -0.15) is 0 Å². The molecule has 0 aliphatic carbocycles. The highest BCUT2D eigenvalue weighted by Crippen LogP contribution is 2.17. The number of carbonyl (C=O) groups is 1. The van der Waals surface area contributed by atoms with E-state index in [9.17, 15) is 4.79 Å². The van der Waals surface area contributed by atoms with Crippen LogP contribution in [0, 0.1) is 11.8 Å². The molecule has 0 unspecified atom stereocenters. The topological polar surface area (TPSA) is 107 Å². The number of rotatable bonds is 7. The van der Waals surface area contributed by atoms with E-state index in [2.05, 4.69) is 4.99 Å². The fraction of sp³-hybridized carbons (Fsp3) is 0.800. The zero-order valence-corrected chi connectivity index (χ0v) is 9.57. The maximum atomic E-state index is 11.1. The number of nitrogens with zero attached hydrogens (tertiary/aromatic N) is 1. The van der Waals surface area contributed by atoms with E-state index < -0.39 is 0 Å². The van der Waals surface area contributed by atoms with Crippen LogP contribution in [-0.4, -0.2) is 18.4 Å². The van der Waals surface area contributed by atoms with E-state index in [1.807, 2.05) is 13.8 Å². The number of carbonyl (C=O) groups excluding carboxylic acids is 1. The highest BCUT2D eigenvalue weighted by molar-refractivity contribution is 5.76. The van der Waals surface area contributed by atoms with Crippen LogP contribution in [0.15, 0.2) is 4.99 Å². The Morgan fingerprint density at radius 3 is 2.20 bits per heavy atom. The summed E-state index contributed by atoms with van der Waals surface area (Å²) in [6.07, 6.45) is 2.62. The van der Waals surface area contributed by atoms with Gasteiger partial charge in [-0.1, -0.05) is 20.3 Å². The first-order valence-electron chi connectivity index (χ1n) is 5.29. The van der Waals surface area contributed by atoms with E-state index >= 15 is 0 Å². The molecular formula is C10H22N4O. The maximum Gasteiger partial charge on any atom is 0.220 e. The van der Waals surface area contributed by atoms with E-state index in [0.717, 1.165) is 19.3 Å². The van der Waals surface area contributed by atoms with Crippen molar-refractivity contribution in [1.82, 2.24) is 0 Å². The van der Waals surface area contributed by atoms with Gasteiger partial charge >= 0.3 is 0 Å². The predicted octanol–water partition coefficient (Wildman–Crippen LogP) is 0.188. The van der Waals surface area contributed by atoms with Crippen molar-refractivity contribution in [1.29, 1.82) is 0 Å². The minimum Gasteiger partial charge on any atom is -0.370 e. The largest absolute Gasteiger partial charge is 0.370 e. The van der Waals surface area contributed by atoms with Gasteiger partial charge in [0, 0.05) is 12.5 Å². The number of guanidine groups is 1. The molecule has 5 heteroatoms. The number of hydrogen-bond acceptors (Lipinski definition) is 2. The molecule has 1 amide bonds. The van der Waals surface area contributed by atoms with Crippen LogP contribution in [0.1, 0.15) is 33.1 Å². The van der Waals surface area contributed by atoms with Gasteiger partial charge in [0.1, 0.15) is 0 Å². The summed E-state index contributed by atoms with van der Waals surface area (Å²) in [5.74, 6) is 0.159. The average molecular weight is 214 g/mol. The molecule has 0 aromatic rings. The molecule has 88 valence electrons. The average Bonchev–Trinajstić information content (AvgIpc) is 2.08. The van der Waals surface area contributed by atoms with Gasteiger partial charge in [-0.3, -0.25) is 9.79 Å². The SMILES string of the molecule is CC(C)[C@@H](CCCCN=C(N)N)C(N)=O. The lowest BCUT2D eigenvalue weighted by atomic mass is 9.90. The van der Waals surface area contributed by atoms with Crippen molar-refractivity contribution in [2.45, 2.75) is 33.1 Å². The number of hydrogen-bond donors (Lipinski definition) is 3. The third-order valence-corrected chi connectivity index (χ3v) is 2.39. The third-order valence-electron chi connectivity index (χ3n) is 2.39. The smallest absolute Gasteiger partial charge is 0.220 e. The lowest BCUT2D eigenvalue weighted by Crippen LogP contribution is -2.27. The molecule has 0 heterocycles. The van der Waals surface area contributed by atoms with E-state index in [0.29, 0.717) is 12.5 Å². The Morgan fingerprint density at radius 1 is 1.20 bits per heavy atom. The second-order valence-corrected chi connectivity index (χ2v) is 4.06. The summed E-state index contributed by atoms with van der Waals surface area (Å²) in [7, 11) is 0. The van der Waals surface area contributed by atoms with Gasteiger partial charge in [0.15, 0.2) is 5.96 Å². The van der Waals surface area contributed by atoms with Gasteiger partial charge in [0.2, 0.25) is 5.91 Å². The summed E-state index contributed by atoms with van der Waals surface area (Å²) in [5, 5.41) is 0. The predicted molar refractivity (Wildman–Crippen MR) is 62.1 cm³/mol. The van der Waals surface area contributed by atoms with E-state index in [1.165, 1.54) is 0 Å². The minimum atomic E-state index is -0.216. The Labute approximate surface area is 91.1 Å². The molecule has 0 aliphatic rings. The van der Waals surface area contributed by atoms with Crippen LogP contribution in [0.5, 0.6) is 0 Å². The first-order chi connectivity index (χ1) is 6.95. The van der Waals surface area contributed by atoms with Gasteiger partial charge in [0.05, 0.1) is 0 Å². The lowest BCUT2D eigenvalue weighted by molar-refractivity contribution is -0.123. The number of amides is 1. The summed E-state index contributed by atoms with van der Waals surface area (Å²) in [5.41, 5.74) is 15.7. The first kappa shape index (κ1) is 13.7. The van der Waals surface area contributed by atoms with Crippen LogP contribution < -0.4 is 17.2 Å². The summed E-state index contributed by atoms with van der Waals surface area (Å²) in [4.78, 5) is 14.9. The molecular weight excluding hydrogens is 192 g/mol. The molecule has 0 spiro atoms. The molecule has 5 nitrogen and oxygen atoms in total. The Balaban J connectivity index is 3.73. The van der Waals surface area contributed by atoms with Crippen LogP contribution >= 0.6 is 0 Å².